The highest BCUT2D eigenvalue weighted by Gasteiger charge is 2.31. The molecule has 7 heteroatoms. The SMILES string of the molecule is N[C@@H]1CCN(C(=O)Cc2ccc(OC(F)(F)F)cc2)C1. The van der Waals surface area contributed by atoms with Crippen LogP contribution in [0.2, 0.25) is 0 Å². The zero-order chi connectivity index (χ0) is 14.8. The minimum absolute atomic E-state index is 0.0153. The molecule has 1 aliphatic rings. The minimum Gasteiger partial charge on any atom is -0.406 e. The second kappa shape index (κ2) is 5.70. The molecule has 0 saturated carbocycles. The van der Waals surface area contributed by atoms with Crippen LogP contribution < -0.4 is 10.5 Å². The largest absolute Gasteiger partial charge is 0.573 e. The summed E-state index contributed by atoms with van der Waals surface area (Å²) in [5.41, 5.74) is 6.36. The minimum atomic E-state index is -4.71. The number of ether oxygens (including phenoxy) is 1. The first-order valence-electron chi connectivity index (χ1n) is 6.21. The van der Waals surface area contributed by atoms with Gasteiger partial charge >= 0.3 is 6.36 Å². The summed E-state index contributed by atoms with van der Waals surface area (Å²) in [4.78, 5) is 13.6. The first-order chi connectivity index (χ1) is 9.33. The van der Waals surface area contributed by atoms with Crippen LogP contribution >= 0.6 is 0 Å². The van der Waals surface area contributed by atoms with E-state index in [0.29, 0.717) is 18.7 Å². The highest BCUT2D eigenvalue weighted by molar-refractivity contribution is 5.79. The number of hydrogen-bond donors (Lipinski definition) is 1. The van der Waals surface area contributed by atoms with Crippen molar-refractivity contribution in [3.8, 4) is 5.75 Å². The third-order valence-corrected chi connectivity index (χ3v) is 3.09. The maximum Gasteiger partial charge on any atom is 0.573 e. The molecule has 1 aromatic carbocycles. The van der Waals surface area contributed by atoms with Gasteiger partial charge in [0.25, 0.3) is 0 Å². The molecule has 1 heterocycles. The van der Waals surface area contributed by atoms with E-state index in [9.17, 15) is 18.0 Å². The molecular weight excluding hydrogens is 273 g/mol. The third-order valence-electron chi connectivity index (χ3n) is 3.09. The first-order valence-corrected chi connectivity index (χ1v) is 6.21. The monoisotopic (exact) mass is 288 g/mol. The van der Waals surface area contributed by atoms with Crippen LogP contribution in [0.1, 0.15) is 12.0 Å². The summed E-state index contributed by atoms with van der Waals surface area (Å²) < 4.78 is 39.8. The topological polar surface area (TPSA) is 55.6 Å². The van der Waals surface area contributed by atoms with Crippen molar-refractivity contribution in [3.05, 3.63) is 29.8 Å². The van der Waals surface area contributed by atoms with E-state index in [1.54, 1.807) is 4.90 Å². The fourth-order valence-electron chi connectivity index (χ4n) is 2.11. The lowest BCUT2D eigenvalue weighted by atomic mass is 10.1. The number of likely N-dealkylation sites (tertiary alicyclic amines) is 1. The van der Waals surface area contributed by atoms with E-state index in [1.165, 1.54) is 24.3 Å². The van der Waals surface area contributed by atoms with Crippen LogP contribution in [-0.4, -0.2) is 36.3 Å². The maximum atomic E-state index is 12.0. The molecule has 1 aromatic rings. The lowest BCUT2D eigenvalue weighted by Gasteiger charge is -2.16. The van der Waals surface area contributed by atoms with Gasteiger partial charge in [0, 0.05) is 19.1 Å². The Labute approximate surface area is 114 Å². The van der Waals surface area contributed by atoms with Crippen molar-refractivity contribution in [2.24, 2.45) is 5.73 Å². The number of carbonyl (C=O) groups is 1. The number of hydrogen-bond acceptors (Lipinski definition) is 3. The van der Waals surface area contributed by atoms with Crippen molar-refractivity contribution < 1.29 is 22.7 Å². The molecule has 0 spiro atoms. The molecular formula is C13H15F3N2O2. The van der Waals surface area contributed by atoms with Crippen LogP contribution in [0.4, 0.5) is 13.2 Å². The number of rotatable bonds is 3. The maximum absolute atomic E-state index is 12.0. The average molecular weight is 288 g/mol. The van der Waals surface area contributed by atoms with Crippen LogP contribution in [0.25, 0.3) is 0 Å². The van der Waals surface area contributed by atoms with Crippen LogP contribution in [0.15, 0.2) is 24.3 Å². The highest BCUT2D eigenvalue weighted by atomic mass is 19.4. The van der Waals surface area contributed by atoms with E-state index in [4.69, 9.17) is 5.73 Å². The predicted octanol–water partition coefficient (Wildman–Crippen LogP) is 1.69. The van der Waals surface area contributed by atoms with Gasteiger partial charge in [0.2, 0.25) is 5.91 Å². The molecule has 20 heavy (non-hydrogen) atoms. The van der Waals surface area contributed by atoms with Gasteiger partial charge in [-0.3, -0.25) is 4.79 Å². The van der Waals surface area contributed by atoms with Gasteiger partial charge in [-0.05, 0) is 24.1 Å². The number of halogens is 3. The molecule has 2 N–H and O–H groups in total. The van der Waals surface area contributed by atoms with Crippen LogP contribution in [0.3, 0.4) is 0 Å². The Morgan fingerprint density at radius 1 is 1.35 bits per heavy atom. The van der Waals surface area contributed by atoms with Crippen LogP contribution in [0, 0.1) is 0 Å². The molecule has 1 fully saturated rings. The Morgan fingerprint density at radius 3 is 2.50 bits per heavy atom. The lowest BCUT2D eigenvalue weighted by molar-refractivity contribution is -0.274. The Hall–Kier alpha value is -1.76. The third kappa shape index (κ3) is 4.12. The van der Waals surface area contributed by atoms with Gasteiger partial charge in [0.15, 0.2) is 0 Å². The zero-order valence-electron chi connectivity index (χ0n) is 10.7. The Balaban J connectivity index is 1.92. The smallest absolute Gasteiger partial charge is 0.406 e. The van der Waals surface area contributed by atoms with E-state index in [1.807, 2.05) is 0 Å². The first kappa shape index (κ1) is 14.6. The van der Waals surface area contributed by atoms with Crippen LogP contribution in [-0.2, 0) is 11.2 Å². The summed E-state index contributed by atoms with van der Waals surface area (Å²) in [5, 5.41) is 0. The Kier molecular flexibility index (Phi) is 4.17. The van der Waals surface area contributed by atoms with Gasteiger partial charge in [-0.15, -0.1) is 13.2 Å². The number of alkyl halides is 3. The Morgan fingerprint density at radius 2 is 2.00 bits per heavy atom. The second-order valence-corrected chi connectivity index (χ2v) is 4.76. The van der Waals surface area contributed by atoms with Gasteiger partial charge in [-0.2, -0.15) is 0 Å². The summed E-state index contributed by atoms with van der Waals surface area (Å²) in [6, 6.07) is 5.32. The number of benzene rings is 1. The van der Waals surface area contributed by atoms with Crippen molar-refractivity contribution >= 4 is 5.91 Å². The molecule has 110 valence electrons. The number of amides is 1. The molecule has 1 atom stereocenters. The van der Waals surface area contributed by atoms with E-state index in [2.05, 4.69) is 4.74 Å². The molecule has 1 amide bonds. The van der Waals surface area contributed by atoms with Gasteiger partial charge in [-0.1, -0.05) is 12.1 Å². The van der Waals surface area contributed by atoms with E-state index >= 15 is 0 Å². The molecule has 0 bridgehead atoms. The van der Waals surface area contributed by atoms with Gasteiger partial charge < -0.3 is 15.4 Å². The van der Waals surface area contributed by atoms with Crippen molar-refractivity contribution in [1.82, 2.24) is 4.90 Å². The quantitative estimate of drug-likeness (QED) is 0.921. The van der Waals surface area contributed by atoms with Gasteiger partial charge in [0.05, 0.1) is 6.42 Å². The summed E-state index contributed by atoms with van der Waals surface area (Å²) in [6.45, 7) is 1.17. The van der Waals surface area contributed by atoms with Crippen molar-refractivity contribution in [1.29, 1.82) is 0 Å². The van der Waals surface area contributed by atoms with Crippen molar-refractivity contribution in [2.45, 2.75) is 25.2 Å². The molecule has 0 radical (unpaired) electrons. The predicted molar refractivity (Wildman–Crippen MR) is 66.0 cm³/mol. The van der Waals surface area contributed by atoms with E-state index in [0.717, 1.165) is 6.42 Å². The summed E-state index contributed by atoms with van der Waals surface area (Å²) in [5.74, 6) is -0.362. The van der Waals surface area contributed by atoms with E-state index < -0.39 is 6.36 Å². The molecule has 0 unspecified atom stereocenters. The number of nitrogens with two attached hydrogens (primary N) is 1. The van der Waals surface area contributed by atoms with Crippen molar-refractivity contribution in [3.63, 3.8) is 0 Å². The molecule has 2 rings (SSSR count). The average Bonchev–Trinajstić information content (AvgIpc) is 2.77. The van der Waals surface area contributed by atoms with Gasteiger partial charge in [-0.25, -0.2) is 0 Å². The fourth-order valence-corrected chi connectivity index (χ4v) is 2.11. The van der Waals surface area contributed by atoms with Crippen molar-refractivity contribution in [2.75, 3.05) is 13.1 Å². The molecule has 4 nitrogen and oxygen atoms in total. The normalized spacial score (nSPS) is 19.2. The summed E-state index contributed by atoms with van der Waals surface area (Å²) in [6.07, 6.45) is -3.77. The number of nitrogens with zero attached hydrogens (tertiary/aromatic N) is 1. The van der Waals surface area contributed by atoms with Crippen LogP contribution in [0.5, 0.6) is 5.75 Å². The van der Waals surface area contributed by atoms with Gasteiger partial charge in [0.1, 0.15) is 5.75 Å². The summed E-state index contributed by atoms with van der Waals surface area (Å²) >= 11 is 0. The lowest BCUT2D eigenvalue weighted by Crippen LogP contribution is -2.32. The Bertz CT molecular complexity index is 473. The highest BCUT2D eigenvalue weighted by Crippen LogP contribution is 2.23. The standard InChI is InChI=1S/C13H15F3N2O2/c14-13(15,16)20-11-3-1-9(2-4-11)7-12(19)18-6-5-10(17)8-18/h1-4,10H,5-8,17H2/t10-/m1/s1. The molecule has 1 aliphatic heterocycles. The summed E-state index contributed by atoms with van der Waals surface area (Å²) in [7, 11) is 0. The van der Waals surface area contributed by atoms with E-state index in [-0.39, 0.29) is 24.1 Å². The zero-order valence-corrected chi connectivity index (χ0v) is 10.7. The second-order valence-electron chi connectivity index (χ2n) is 4.76. The molecule has 1 saturated heterocycles. The fraction of sp³-hybridized carbons (Fsp3) is 0.462. The number of carbonyl (C=O) groups excluding carboxylic acids is 1. The molecule has 0 aromatic heterocycles. The molecule has 0 aliphatic carbocycles.